The lowest BCUT2D eigenvalue weighted by atomic mass is 9.64. The molecule has 0 amide bonds. The third kappa shape index (κ3) is 5.55. The van der Waals surface area contributed by atoms with Crippen LogP contribution in [0.4, 0.5) is 0 Å². The summed E-state index contributed by atoms with van der Waals surface area (Å²) in [6, 6.07) is 0. The van der Waals surface area contributed by atoms with Crippen molar-refractivity contribution in [2.24, 2.45) is 28.6 Å². The Balaban J connectivity index is 1.70. The normalized spacial score (nSPS) is 30.4. The number of nitrogens with zero attached hydrogens (tertiary/aromatic N) is 2. The summed E-state index contributed by atoms with van der Waals surface area (Å²) in [5.74, 6) is -0.491. The number of rotatable bonds is 5. The van der Waals surface area contributed by atoms with Gasteiger partial charge in [-0.1, -0.05) is 47.5 Å². The second-order valence-corrected chi connectivity index (χ2v) is 13.2. The number of carbonyl (C=O) groups is 1. The Morgan fingerprint density at radius 3 is 2.13 bits per heavy atom. The van der Waals surface area contributed by atoms with Crippen molar-refractivity contribution in [1.29, 1.82) is 0 Å². The molecule has 0 saturated heterocycles. The van der Waals surface area contributed by atoms with Gasteiger partial charge in [0, 0.05) is 17.9 Å². The fourth-order valence-corrected chi connectivity index (χ4v) is 7.88. The van der Waals surface area contributed by atoms with E-state index in [0.717, 1.165) is 44.9 Å². The Bertz CT molecular complexity index is 883. The first-order valence-corrected chi connectivity index (χ1v) is 13.2. The van der Waals surface area contributed by atoms with E-state index in [-0.39, 0.29) is 39.3 Å². The van der Waals surface area contributed by atoms with Gasteiger partial charge in [-0.2, -0.15) is 13.2 Å². The molecule has 2 unspecified atom stereocenters. The second kappa shape index (κ2) is 8.92. The molecule has 3 aliphatic carbocycles. The van der Waals surface area contributed by atoms with Gasteiger partial charge in [0.1, 0.15) is 0 Å². The number of hydrogen-bond donors (Lipinski definition) is 0. The minimum absolute atomic E-state index is 0.125. The van der Waals surface area contributed by atoms with Crippen LogP contribution in [-0.4, -0.2) is 30.8 Å². The van der Waals surface area contributed by atoms with Crippen molar-refractivity contribution in [1.82, 2.24) is 0 Å². The average Bonchev–Trinajstić information content (AvgIpc) is 2.66. The molecular formula is C24H38N2O4S. The zero-order valence-electron chi connectivity index (χ0n) is 19.7. The van der Waals surface area contributed by atoms with Crippen molar-refractivity contribution in [3.05, 3.63) is 16.5 Å². The van der Waals surface area contributed by atoms with E-state index in [9.17, 15) is 18.7 Å². The van der Waals surface area contributed by atoms with Crippen LogP contribution in [0.2, 0.25) is 0 Å². The standard InChI is InChI=1S/C24H38N2O4S/c1-23(2,3)15-24(4,5)16-10-12-17(13-11-16)30-31(28,29)21-14-20(26-25)22(27)19-9-7-6-8-18(19)21/h14,16-19H,6-13,15H2,1-5H3. The molecule has 0 aliphatic heterocycles. The van der Waals surface area contributed by atoms with Gasteiger partial charge in [-0.25, -0.2) is 0 Å². The van der Waals surface area contributed by atoms with Gasteiger partial charge in [-0.05, 0) is 61.7 Å². The summed E-state index contributed by atoms with van der Waals surface area (Å²) in [5.41, 5.74) is 9.52. The van der Waals surface area contributed by atoms with Crippen LogP contribution in [0.3, 0.4) is 0 Å². The fourth-order valence-electron chi connectivity index (χ4n) is 6.31. The molecule has 174 valence electrons. The molecule has 0 radical (unpaired) electrons. The van der Waals surface area contributed by atoms with Crippen molar-refractivity contribution in [3.8, 4) is 0 Å². The van der Waals surface area contributed by atoms with Crippen LogP contribution in [0.25, 0.3) is 5.53 Å². The Kier molecular flexibility index (Phi) is 7.00. The minimum Gasteiger partial charge on any atom is -0.361 e. The van der Waals surface area contributed by atoms with Gasteiger partial charge < -0.3 is 5.53 Å². The average molecular weight is 451 g/mol. The zero-order chi connectivity index (χ0) is 23.0. The first-order valence-electron chi connectivity index (χ1n) is 11.8. The highest BCUT2D eigenvalue weighted by Crippen LogP contribution is 2.46. The van der Waals surface area contributed by atoms with Crippen molar-refractivity contribution < 1.29 is 22.2 Å². The molecule has 2 atom stereocenters. The Hall–Kier alpha value is -1.30. The summed E-state index contributed by atoms with van der Waals surface area (Å²) >= 11 is 0. The van der Waals surface area contributed by atoms with Crippen LogP contribution in [-0.2, 0) is 19.1 Å². The minimum atomic E-state index is -3.98. The third-order valence-electron chi connectivity index (χ3n) is 7.42. The Labute approximate surface area is 187 Å². The van der Waals surface area contributed by atoms with Crippen LogP contribution >= 0.6 is 0 Å². The third-order valence-corrected chi connectivity index (χ3v) is 8.95. The van der Waals surface area contributed by atoms with Crippen molar-refractivity contribution in [2.45, 2.75) is 98.5 Å². The van der Waals surface area contributed by atoms with E-state index in [1.165, 1.54) is 6.08 Å². The molecule has 31 heavy (non-hydrogen) atoms. The largest absolute Gasteiger partial charge is 0.361 e. The lowest BCUT2D eigenvalue weighted by molar-refractivity contribution is -0.123. The van der Waals surface area contributed by atoms with E-state index in [2.05, 4.69) is 39.4 Å². The monoisotopic (exact) mass is 450 g/mol. The molecule has 0 heterocycles. The molecule has 0 bridgehead atoms. The van der Waals surface area contributed by atoms with Crippen molar-refractivity contribution in [2.75, 3.05) is 0 Å². The van der Waals surface area contributed by atoms with E-state index in [0.29, 0.717) is 18.8 Å². The predicted octanol–water partition coefficient (Wildman–Crippen LogP) is 5.30. The summed E-state index contributed by atoms with van der Waals surface area (Å²) in [4.78, 5) is 15.7. The maximum Gasteiger partial charge on any atom is 0.359 e. The lowest BCUT2D eigenvalue weighted by Gasteiger charge is -2.42. The summed E-state index contributed by atoms with van der Waals surface area (Å²) in [7, 11) is -3.98. The topological polar surface area (TPSA) is 96.8 Å². The number of Topliss-reactive ketones (excluding diaryl/α,β-unsaturated/α-hetero) is 1. The predicted molar refractivity (Wildman–Crippen MR) is 121 cm³/mol. The molecular weight excluding hydrogens is 412 g/mol. The van der Waals surface area contributed by atoms with Crippen LogP contribution in [0, 0.1) is 28.6 Å². The fraction of sp³-hybridized carbons (Fsp3) is 0.833. The Morgan fingerprint density at radius 1 is 1.00 bits per heavy atom. The quantitative estimate of drug-likeness (QED) is 0.322. The van der Waals surface area contributed by atoms with E-state index < -0.39 is 16.0 Å². The molecule has 2 fully saturated rings. The van der Waals surface area contributed by atoms with Crippen LogP contribution in [0.5, 0.6) is 0 Å². The summed E-state index contributed by atoms with van der Waals surface area (Å²) < 4.78 is 32.1. The highest BCUT2D eigenvalue weighted by atomic mass is 32.2. The number of ketones is 1. The highest BCUT2D eigenvalue weighted by molar-refractivity contribution is 7.90. The van der Waals surface area contributed by atoms with Gasteiger partial charge in [-0.3, -0.25) is 8.98 Å². The maximum absolute atomic E-state index is 13.2. The van der Waals surface area contributed by atoms with Crippen LogP contribution in [0.15, 0.2) is 11.0 Å². The molecule has 7 heteroatoms. The van der Waals surface area contributed by atoms with Crippen LogP contribution in [0.1, 0.15) is 92.4 Å². The number of carbonyl (C=O) groups excluding carboxylic acids is 1. The number of allylic oxidation sites excluding steroid dienone is 2. The van der Waals surface area contributed by atoms with E-state index >= 15 is 0 Å². The summed E-state index contributed by atoms with van der Waals surface area (Å²) in [6.07, 6.45) is 8.44. The second-order valence-electron chi connectivity index (χ2n) is 11.6. The zero-order valence-corrected chi connectivity index (χ0v) is 20.5. The van der Waals surface area contributed by atoms with E-state index in [4.69, 9.17) is 4.18 Å². The number of hydrogen-bond acceptors (Lipinski definition) is 4. The van der Waals surface area contributed by atoms with E-state index in [1.807, 2.05) is 0 Å². The van der Waals surface area contributed by atoms with Gasteiger partial charge >= 0.3 is 5.71 Å². The first kappa shape index (κ1) is 24.3. The molecule has 0 aromatic heterocycles. The smallest absolute Gasteiger partial charge is 0.359 e. The molecule has 0 aromatic rings. The van der Waals surface area contributed by atoms with Gasteiger partial charge in [0.15, 0.2) is 0 Å². The SMILES string of the molecule is CC(C)(C)CC(C)(C)C1CCC(OS(=O)(=O)C2=CC(=[N+]=[N-])C(=O)C3CCCCC23)CC1. The molecule has 0 N–H and O–H groups in total. The van der Waals surface area contributed by atoms with Crippen molar-refractivity contribution >= 4 is 21.6 Å². The van der Waals surface area contributed by atoms with Gasteiger partial charge in [0.2, 0.25) is 5.78 Å². The Morgan fingerprint density at radius 2 is 1.58 bits per heavy atom. The van der Waals surface area contributed by atoms with Gasteiger partial charge in [0.05, 0.1) is 11.0 Å². The van der Waals surface area contributed by atoms with Crippen LogP contribution < -0.4 is 0 Å². The van der Waals surface area contributed by atoms with Gasteiger partial charge in [0.25, 0.3) is 10.1 Å². The highest BCUT2D eigenvalue weighted by Gasteiger charge is 2.47. The molecule has 0 spiro atoms. The molecule has 3 rings (SSSR count). The summed E-state index contributed by atoms with van der Waals surface area (Å²) in [6.45, 7) is 11.4. The van der Waals surface area contributed by atoms with Crippen molar-refractivity contribution in [3.63, 3.8) is 0 Å². The maximum atomic E-state index is 13.2. The molecule has 3 aliphatic rings. The molecule has 6 nitrogen and oxygen atoms in total. The number of fused-ring (bicyclic) bond motifs is 1. The van der Waals surface area contributed by atoms with E-state index in [1.54, 1.807) is 0 Å². The molecule has 2 saturated carbocycles. The lowest BCUT2D eigenvalue weighted by Crippen LogP contribution is -2.40. The first-order chi connectivity index (χ1) is 14.3. The molecule has 0 aromatic carbocycles. The van der Waals surface area contributed by atoms with Gasteiger partial charge in [-0.15, -0.1) is 0 Å². The summed E-state index contributed by atoms with van der Waals surface area (Å²) in [5, 5.41) is 0.